The number of carbonyl (C=O) groups is 3. The second-order valence-corrected chi connectivity index (χ2v) is 8.68. The normalized spacial score (nSPS) is 11.8. The summed E-state index contributed by atoms with van der Waals surface area (Å²) in [5, 5.41) is 3.34. The molecule has 0 amide bonds. The van der Waals surface area contributed by atoms with Crippen molar-refractivity contribution in [2.75, 3.05) is 25.1 Å². The third kappa shape index (κ3) is 14.5. The maximum atomic E-state index is 12.5. The minimum absolute atomic E-state index is 0.116. The summed E-state index contributed by atoms with van der Waals surface area (Å²) >= 11 is 0. The van der Waals surface area contributed by atoms with E-state index in [4.69, 9.17) is 14.2 Å². The van der Waals surface area contributed by atoms with Gasteiger partial charge in [0.2, 0.25) is 6.10 Å². The summed E-state index contributed by atoms with van der Waals surface area (Å²) in [4.78, 5) is 36.3. The fourth-order valence-electron chi connectivity index (χ4n) is 3.61. The van der Waals surface area contributed by atoms with Crippen molar-refractivity contribution in [2.24, 2.45) is 0 Å². The van der Waals surface area contributed by atoms with Crippen LogP contribution in [-0.2, 0) is 23.8 Å². The van der Waals surface area contributed by atoms with Crippen LogP contribution >= 0.6 is 0 Å². The van der Waals surface area contributed by atoms with E-state index < -0.39 is 24.0 Å². The monoisotopic (exact) mass is 503 g/mol. The van der Waals surface area contributed by atoms with Crippen LogP contribution in [0.4, 0.5) is 5.69 Å². The molecule has 1 unspecified atom stereocenters. The second kappa shape index (κ2) is 20.4. The summed E-state index contributed by atoms with van der Waals surface area (Å²) in [5.74, 6) is -2.10. The van der Waals surface area contributed by atoms with Gasteiger partial charge >= 0.3 is 17.9 Å². The highest BCUT2D eigenvalue weighted by Gasteiger charge is 2.28. The summed E-state index contributed by atoms with van der Waals surface area (Å²) in [6.45, 7) is 6.67. The standard InChI is InChI=1S/C29H45NO6/c1-4-7-8-9-10-11-12-13-14-15-16-17-22-30-25-20-18-24(19-21-25)28(32)36-26(29(33)35-6-3)23-27(31)34-5-2/h14-15,18-21,26,30H,4-13,16-17,22-23H2,1-3H3. The number of carbonyl (C=O) groups excluding carboxylic acids is 3. The van der Waals surface area contributed by atoms with Crippen molar-refractivity contribution in [1.29, 1.82) is 0 Å². The van der Waals surface area contributed by atoms with Crippen LogP contribution in [0.2, 0.25) is 0 Å². The minimum atomic E-state index is -1.34. The molecule has 0 fully saturated rings. The second-order valence-electron chi connectivity index (χ2n) is 8.68. The molecule has 0 spiro atoms. The SMILES string of the molecule is CCCCCCCCCC=CCCCNc1ccc(C(=O)OC(CC(=O)OCC)C(=O)OCC)cc1. The van der Waals surface area contributed by atoms with Crippen molar-refractivity contribution in [3.63, 3.8) is 0 Å². The summed E-state index contributed by atoms with van der Waals surface area (Å²) in [6, 6.07) is 6.83. The molecule has 0 radical (unpaired) electrons. The average Bonchev–Trinajstić information content (AvgIpc) is 2.87. The molecular formula is C29H45NO6. The highest BCUT2D eigenvalue weighted by Crippen LogP contribution is 2.14. The van der Waals surface area contributed by atoms with Crippen molar-refractivity contribution in [3.05, 3.63) is 42.0 Å². The van der Waals surface area contributed by atoms with Crippen molar-refractivity contribution >= 4 is 23.6 Å². The van der Waals surface area contributed by atoms with Gasteiger partial charge in [0.25, 0.3) is 0 Å². The van der Waals surface area contributed by atoms with Gasteiger partial charge in [-0.1, -0.05) is 57.6 Å². The molecule has 0 saturated carbocycles. The Kier molecular flexibility index (Phi) is 17.7. The lowest BCUT2D eigenvalue weighted by Gasteiger charge is -2.16. The predicted molar refractivity (Wildman–Crippen MR) is 143 cm³/mol. The highest BCUT2D eigenvalue weighted by molar-refractivity contribution is 5.92. The van der Waals surface area contributed by atoms with Gasteiger partial charge in [0.05, 0.1) is 25.2 Å². The molecule has 0 aliphatic carbocycles. The summed E-state index contributed by atoms with van der Waals surface area (Å²) in [5.41, 5.74) is 1.18. The number of unbranched alkanes of at least 4 members (excludes halogenated alkanes) is 8. The van der Waals surface area contributed by atoms with E-state index in [1.54, 1.807) is 38.1 Å². The average molecular weight is 504 g/mol. The van der Waals surface area contributed by atoms with Gasteiger partial charge in [-0.25, -0.2) is 9.59 Å². The summed E-state index contributed by atoms with van der Waals surface area (Å²) in [7, 11) is 0. The number of ether oxygens (including phenoxy) is 3. The van der Waals surface area contributed by atoms with Gasteiger partial charge in [-0.2, -0.15) is 0 Å². The van der Waals surface area contributed by atoms with Crippen LogP contribution in [0.25, 0.3) is 0 Å². The van der Waals surface area contributed by atoms with Gasteiger partial charge in [-0.3, -0.25) is 4.79 Å². The van der Waals surface area contributed by atoms with E-state index >= 15 is 0 Å². The van der Waals surface area contributed by atoms with E-state index in [0.29, 0.717) is 0 Å². The van der Waals surface area contributed by atoms with Gasteiger partial charge in [0.1, 0.15) is 0 Å². The van der Waals surface area contributed by atoms with E-state index in [0.717, 1.165) is 31.5 Å². The summed E-state index contributed by atoms with van der Waals surface area (Å²) < 4.78 is 15.0. The lowest BCUT2D eigenvalue weighted by Crippen LogP contribution is -2.32. The number of rotatable bonds is 20. The fourth-order valence-corrected chi connectivity index (χ4v) is 3.61. The maximum Gasteiger partial charge on any atom is 0.348 e. The van der Waals surface area contributed by atoms with Gasteiger partial charge in [-0.15, -0.1) is 0 Å². The minimum Gasteiger partial charge on any atom is -0.466 e. The number of allylic oxidation sites excluding steroid dienone is 2. The Hall–Kier alpha value is -2.83. The molecule has 7 heteroatoms. The molecule has 0 aliphatic rings. The molecule has 1 aromatic rings. The quantitative estimate of drug-likeness (QED) is 0.0925. The van der Waals surface area contributed by atoms with Crippen LogP contribution in [0.5, 0.6) is 0 Å². The topological polar surface area (TPSA) is 90.9 Å². The number of hydrogen-bond acceptors (Lipinski definition) is 7. The zero-order valence-electron chi connectivity index (χ0n) is 22.4. The number of esters is 3. The Morgan fingerprint density at radius 2 is 1.42 bits per heavy atom. The van der Waals surface area contributed by atoms with Crippen molar-refractivity contribution < 1.29 is 28.6 Å². The third-order valence-electron chi connectivity index (χ3n) is 5.59. The number of benzene rings is 1. The Morgan fingerprint density at radius 1 is 0.806 bits per heavy atom. The molecule has 1 N–H and O–H groups in total. The Bertz CT molecular complexity index is 774. The molecule has 0 heterocycles. The number of hydrogen-bond donors (Lipinski definition) is 1. The molecule has 1 rings (SSSR count). The van der Waals surface area contributed by atoms with Crippen LogP contribution in [0.1, 0.15) is 102 Å². The van der Waals surface area contributed by atoms with E-state index in [-0.39, 0.29) is 25.2 Å². The molecule has 0 bridgehead atoms. The highest BCUT2D eigenvalue weighted by atomic mass is 16.6. The van der Waals surface area contributed by atoms with Crippen LogP contribution < -0.4 is 5.32 Å². The lowest BCUT2D eigenvalue weighted by molar-refractivity contribution is -0.160. The van der Waals surface area contributed by atoms with E-state index in [9.17, 15) is 14.4 Å². The van der Waals surface area contributed by atoms with E-state index in [1.165, 1.54) is 44.9 Å². The van der Waals surface area contributed by atoms with Crippen molar-refractivity contribution in [3.8, 4) is 0 Å². The molecule has 1 aromatic carbocycles. The van der Waals surface area contributed by atoms with Crippen LogP contribution in [-0.4, -0.2) is 43.8 Å². The Morgan fingerprint density at radius 3 is 2.06 bits per heavy atom. The van der Waals surface area contributed by atoms with Crippen LogP contribution in [0.3, 0.4) is 0 Å². The third-order valence-corrected chi connectivity index (χ3v) is 5.59. The Balaban J connectivity index is 2.33. The summed E-state index contributed by atoms with van der Waals surface area (Å²) in [6.07, 6.45) is 15.4. The molecule has 0 aromatic heterocycles. The van der Waals surface area contributed by atoms with Gasteiger partial charge in [0, 0.05) is 12.2 Å². The molecule has 36 heavy (non-hydrogen) atoms. The number of nitrogens with one attached hydrogen (secondary N) is 1. The Labute approximate surface area is 217 Å². The molecule has 7 nitrogen and oxygen atoms in total. The first kappa shape index (κ1) is 31.2. The number of anilines is 1. The van der Waals surface area contributed by atoms with Crippen molar-refractivity contribution in [2.45, 2.75) is 97.5 Å². The molecule has 0 aliphatic heterocycles. The molecule has 202 valence electrons. The largest absolute Gasteiger partial charge is 0.466 e. The molecule has 0 saturated heterocycles. The van der Waals surface area contributed by atoms with Gasteiger partial charge in [-0.05, 0) is 63.8 Å². The van der Waals surface area contributed by atoms with E-state index in [2.05, 4.69) is 24.4 Å². The molecular weight excluding hydrogens is 458 g/mol. The first-order chi connectivity index (χ1) is 17.5. The van der Waals surface area contributed by atoms with Crippen molar-refractivity contribution in [1.82, 2.24) is 0 Å². The smallest absolute Gasteiger partial charge is 0.348 e. The van der Waals surface area contributed by atoms with Gasteiger partial charge in [0.15, 0.2) is 0 Å². The fraction of sp³-hybridized carbons (Fsp3) is 0.621. The zero-order valence-corrected chi connectivity index (χ0v) is 22.4. The lowest BCUT2D eigenvalue weighted by atomic mass is 10.1. The van der Waals surface area contributed by atoms with E-state index in [1.807, 2.05) is 0 Å². The zero-order chi connectivity index (χ0) is 26.4. The maximum absolute atomic E-state index is 12.5. The van der Waals surface area contributed by atoms with Gasteiger partial charge < -0.3 is 19.5 Å². The van der Waals surface area contributed by atoms with Crippen LogP contribution in [0.15, 0.2) is 36.4 Å². The predicted octanol–water partition coefficient (Wildman–Crippen LogP) is 6.62. The first-order valence-electron chi connectivity index (χ1n) is 13.5. The molecule has 1 atom stereocenters. The van der Waals surface area contributed by atoms with Crippen LogP contribution in [0, 0.1) is 0 Å². The first-order valence-corrected chi connectivity index (χ1v) is 13.5.